The molecule has 33 heavy (non-hydrogen) atoms. The van der Waals surface area contributed by atoms with Gasteiger partial charge in [0.25, 0.3) is 10.1 Å². The lowest BCUT2D eigenvalue weighted by atomic mass is 9.87. The summed E-state index contributed by atoms with van der Waals surface area (Å²) in [6, 6.07) is 35.4. The van der Waals surface area contributed by atoms with Crippen molar-refractivity contribution in [1.29, 1.82) is 0 Å². The van der Waals surface area contributed by atoms with Gasteiger partial charge in [0.15, 0.2) is 0 Å². The Hall–Kier alpha value is -3.21. The normalized spacial score (nSPS) is 11.9. The topological polar surface area (TPSA) is 43.4 Å². The SMILES string of the molecule is CC(C)(COS(=O)(=O)c1ccc(-c2ccc(-c3ccccc3)cc2)cc1)Cc1ccccc1. The Labute approximate surface area is 196 Å². The standard InChI is InChI=1S/C29H28O3S/c1-29(2,21-23-9-5-3-6-10-23)22-32-33(30,31)28-19-17-27(18-20-28)26-15-13-25(14-16-26)24-11-7-4-8-12-24/h3-20H,21-22H2,1-2H3. The average molecular weight is 457 g/mol. The molecule has 0 amide bonds. The third-order valence-electron chi connectivity index (χ3n) is 5.60. The molecule has 4 rings (SSSR count). The molecule has 0 spiro atoms. The van der Waals surface area contributed by atoms with Crippen LogP contribution in [0.15, 0.2) is 114 Å². The maximum Gasteiger partial charge on any atom is 0.296 e. The number of hydrogen-bond donors (Lipinski definition) is 0. The first kappa shape index (κ1) is 23.0. The van der Waals surface area contributed by atoms with E-state index >= 15 is 0 Å². The monoisotopic (exact) mass is 456 g/mol. The minimum Gasteiger partial charge on any atom is -0.266 e. The van der Waals surface area contributed by atoms with E-state index in [1.165, 1.54) is 0 Å². The van der Waals surface area contributed by atoms with E-state index in [-0.39, 0.29) is 16.9 Å². The number of hydrogen-bond acceptors (Lipinski definition) is 3. The molecule has 4 heteroatoms. The van der Waals surface area contributed by atoms with Crippen molar-refractivity contribution in [2.45, 2.75) is 25.2 Å². The molecule has 4 aromatic rings. The van der Waals surface area contributed by atoms with Gasteiger partial charge in [0.1, 0.15) is 0 Å². The summed E-state index contributed by atoms with van der Waals surface area (Å²) in [6.07, 6.45) is 0.737. The van der Waals surface area contributed by atoms with E-state index in [2.05, 4.69) is 36.4 Å². The summed E-state index contributed by atoms with van der Waals surface area (Å²) in [5.74, 6) is 0. The molecule has 0 N–H and O–H groups in total. The molecule has 3 nitrogen and oxygen atoms in total. The van der Waals surface area contributed by atoms with Crippen LogP contribution < -0.4 is 0 Å². The van der Waals surface area contributed by atoms with Gasteiger partial charge in [-0.05, 0) is 51.8 Å². The third kappa shape index (κ3) is 5.98. The molecule has 0 radical (unpaired) electrons. The molecule has 4 aromatic carbocycles. The first-order chi connectivity index (χ1) is 15.8. The van der Waals surface area contributed by atoms with E-state index in [1.54, 1.807) is 12.1 Å². The van der Waals surface area contributed by atoms with Crippen molar-refractivity contribution in [2.75, 3.05) is 6.61 Å². The van der Waals surface area contributed by atoms with Crippen molar-refractivity contribution >= 4 is 10.1 Å². The first-order valence-electron chi connectivity index (χ1n) is 11.0. The van der Waals surface area contributed by atoms with Gasteiger partial charge in [0.05, 0.1) is 11.5 Å². The van der Waals surface area contributed by atoms with Crippen molar-refractivity contribution in [3.63, 3.8) is 0 Å². The second kappa shape index (κ2) is 9.74. The van der Waals surface area contributed by atoms with Gasteiger partial charge in [-0.3, -0.25) is 4.18 Å². The average Bonchev–Trinajstić information content (AvgIpc) is 2.84. The van der Waals surface area contributed by atoms with Crippen LogP contribution in [0, 0.1) is 5.41 Å². The van der Waals surface area contributed by atoms with E-state index in [9.17, 15) is 8.42 Å². The van der Waals surface area contributed by atoms with Gasteiger partial charge in [0.2, 0.25) is 0 Å². The van der Waals surface area contributed by atoms with Gasteiger partial charge in [0, 0.05) is 0 Å². The molecule has 0 aliphatic rings. The highest BCUT2D eigenvalue weighted by molar-refractivity contribution is 7.86. The number of rotatable bonds is 8. The molecule has 168 valence electrons. The van der Waals surface area contributed by atoms with E-state index < -0.39 is 10.1 Å². The minimum atomic E-state index is -3.83. The minimum absolute atomic E-state index is 0.118. The van der Waals surface area contributed by atoms with Crippen LogP contribution >= 0.6 is 0 Å². The fraction of sp³-hybridized carbons (Fsp3) is 0.172. The fourth-order valence-electron chi connectivity index (χ4n) is 3.80. The molecular formula is C29H28O3S. The molecule has 0 atom stereocenters. The van der Waals surface area contributed by atoms with E-state index in [4.69, 9.17) is 4.18 Å². The molecule has 0 heterocycles. The van der Waals surface area contributed by atoms with Crippen LogP contribution in [0.4, 0.5) is 0 Å². The van der Waals surface area contributed by atoms with Crippen molar-refractivity contribution < 1.29 is 12.6 Å². The van der Waals surface area contributed by atoms with E-state index in [0.29, 0.717) is 0 Å². The fourth-order valence-corrected chi connectivity index (χ4v) is 4.88. The summed E-state index contributed by atoms with van der Waals surface area (Å²) in [4.78, 5) is 0.169. The molecule has 0 aliphatic heterocycles. The molecule has 0 bridgehead atoms. The van der Waals surface area contributed by atoms with Crippen molar-refractivity contribution in [3.8, 4) is 22.3 Å². The van der Waals surface area contributed by atoms with Gasteiger partial charge in [-0.1, -0.05) is 111 Å². The van der Waals surface area contributed by atoms with Gasteiger partial charge in [-0.2, -0.15) is 8.42 Å². The van der Waals surface area contributed by atoms with E-state index in [0.717, 1.165) is 34.2 Å². The second-order valence-corrected chi connectivity index (χ2v) is 10.6. The highest BCUT2D eigenvalue weighted by Crippen LogP contribution is 2.28. The summed E-state index contributed by atoms with van der Waals surface area (Å²) < 4.78 is 31.0. The highest BCUT2D eigenvalue weighted by atomic mass is 32.2. The first-order valence-corrected chi connectivity index (χ1v) is 12.4. The predicted octanol–water partition coefficient (Wildman–Crippen LogP) is 6.99. The summed E-state index contributed by atoms with van der Waals surface area (Å²) in [7, 11) is -3.83. The Morgan fingerprint density at radius 1 is 0.606 bits per heavy atom. The van der Waals surface area contributed by atoms with Crippen LogP contribution in [-0.2, 0) is 20.7 Å². The van der Waals surface area contributed by atoms with Crippen LogP contribution in [0.2, 0.25) is 0 Å². The largest absolute Gasteiger partial charge is 0.296 e. The quantitative estimate of drug-likeness (QED) is 0.268. The zero-order valence-corrected chi connectivity index (χ0v) is 19.8. The Bertz CT molecular complexity index is 1280. The van der Waals surface area contributed by atoms with Crippen LogP contribution in [-0.4, -0.2) is 15.0 Å². The zero-order valence-electron chi connectivity index (χ0n) is 18.9. The number of benzene rings is 4. The van der Waals surface area contributed by atoms with Crippen LogP contribution in [0.1, 0.15) is 19.4 Å². The van der Waals surface area contributed by atoms with Gasteiger partial charge < -0.3 is 0 Å². The molecule has 0 saturated heterocycles. The maximum absolute atomic E-state index is 12.8. The smallest absolute Gasteiger partial charge is 0.266 e. The lowest BCUT2D eigenvalue weighted by Crippen LogP contribution is -2.24. The van der Waals surface area contributed by atoms with Crippen molar-refractivity contribution in [3.05, 3.63) is 115 Å². The highest BCUT2D eigenvalue weighted by Gasteiger charge is 2.24. The molecule has 0 unspecified atom stereocenters. The molecule has 0 aliphatic carbocycles. The van der Waals surface area contributed by atoms with Crippen LogP contribution in [0.25, 0.3) is 22.3 Å². The van der Waals surface area contributed by atoms with Crippen molar-refractivity contribution in [1.82, 2.24) is 0 Å². The zero-order chi connectivity index (χ0) is 23.3. The van der Waals surface area contributed by atoms with Crippen LogP contribution in [0.3, 0.4) is 0 Å². The Morgan fingerprint density at radius 3 is 1.55 bits per heavy atom. The lowest BCUT2D eigenvalue weighted by molar-refractivity contribution is 0.185. The Balaban J connectivity index is 1.42. The maximum atomic E-state index is 12.8. The van der Waals surface area contributed by atoms with Crippen molar-refractivity contribution in [2.24, 2.45) is 5.41 Å². The third-order valence-corrected chi connectivity index (χ3v) is 6.88. The summed E-state index contributed by atoms with van der Waals surface area (Å²) in [6.45, 7) is 4.14. The molecule has 0 saturated carbocycles. The van der Waals surface area contributed by atoms with Gasteiger partial charge in [-0.15, -0.1) is 0 Å². The summed E-state index contributed by atoms with van der Waals surface area (Å²) >= 11 is 0. The van der Waals surface area contributed by atoms with E-state index in [1.807, 2.05) is 74.5 Å². The Kier molecular flexibility index (Phi) is 6.77. The van der Waals surface area contributed by atoms with Gasteiger partial charge in [-0.25, -0.2) is 0 Å². The lowest BCUT2D eigenvalue weighted by Gasteiger charge is -2.24. The Morgan fingerprint density at radius 2 is 1.03 bits per heavy atom. The second-order valence-electron chi connectivity index (χ2n) is 9.01. The molecule has 0 aromatic heterocycles. The molecular weight excluding hydrogens is 428 g/mol. The summed E-state index contributed by atoms with van der Waals surface area (Å²) in [5.41, 5.74) is 5.14. The predicted molar refractivity (Wildman–Crippen MR) is 134 cm³/mol. The summed E-state index contributed by atoms with van der Waals surface area (Å²) in [5, 5.41) is 0. The van der Waals surface area contributed by atoms with Crippen LogP contribution in [0.5, 0.6) is 0 Å². The van der Waals surface area contributed by atoms with Gasteiger partial charge >= 0.3 is 0 Å². The molecule has 0 fully saturated rings.